The van der Waals surface area contributed by atoms with Crippen LogP contribution in [0.5, 0.6) is 0 Å². The van der Waals surface area contributed by atoms with Gasteiger partial charge in [0, 0.05) is 11.4 Å². The van der Waals surface area contributed by atoms with Crippen LogP contribution in [0.4, 0.5) is 10.1 Å². The molecule has 1 aromatic carbocycles. The molecule has 118 valence electrons. The molecule has 1 amide bonds. The summed E-state index contributed by atoms with van der Waals surface area (Å²) in [6.45, 7) is 3.59. The largest absolute Gasteiger partial charge is 0.325 e. The number of nitrogens with zero attached hydrogens (tertiary/aromatic N) is 2. The average molecular weight is 313 g/mol. The quantitative estimate of drug-likeness (QED) is 0.943. The molecule has 0 fully saturated rings. The van der Waals surface area contributed by atoms with E-state index < -0.39 is 17.3 Å². The van der Waals surface area contributed by atoms with Crippen LogP contribution < -0.4 is 10.9 Å². The fourth-order valence-corrected chi connectivity index (χ4v) is 2.22. The Morgan fingerprint density at radius 1 is 1.26 bits per heavy atom. The first kappa shape index (κ1) is 16.4. The topological polar surface area (TPSA) is 74.9 Å². The Balaban J connectivity index is 2.28. The molecule has 2 rings (SSSR count). The molecule has 6 heteroatoms. The van der Waals surface area contributed by atoms with E-state index in [0.29, 0.717) is 11.4 Å². The first-order chi connectivity index (χ1) is 10.9. The molecule has 2 aromatic rings. The molecule has 0 bridgehead atoms. The van der Waals surface area contributed by atoms with Crippen molar-refractivity contribution in [1.29, 1.82) is 5.26 Å². The van der Waals surface area contributed by atoms with E-state index in [2.05, 4.69) is 5.32 Å². The van der Waals surface area contributed by atoms with Crippen molar-refractivity contribution in [2.75, 3.05) is 5.32 Å². The van der Waals surface area contributed by atoms with Crippen LogP contribution in [-0.2, 0) is 11.3 Å². The van der Waals surface area contributed by atoms with Gasteiger partial charge in [-0.2, -0.15) is 5.26 Å². The molecule has 0 aliphatic rings. The number of rotatable bonds is 4. The van der Waals surface area contributed by atoms with Crippen molar-refractivity contribution in [2.24, 2.45) is 0 Å². The van der Waals surface area contributed by atoms with Crippen molar-refractivity contribution in [3.8, 4) is 6.07 Å². The van der Waals surface area contributed by atoms with Crippen LogP contribution in [0.15, 0.2) is 41.2 Å². The zero-order chi connectivity index (χ0) is 17.0. The summed E-state index contributed by atoms with van der Waals surface area (Å²) in [5.41, 5.74) is 0.604. The number of amides is 1. The van der Waals surface area contributed by atoms with Crippen molar-refractivity contribution in [3.63, 3.8) is 0 Å². The maximum Gasteiger partial charge on any atom is 0.269 e. The van der Waals surface area contributed by atoms with E-state index in [9.17, 15) is 14.0 Å². The highest BCUT2D eigenvalue weighted by Gasteiger charge is 2.14. The summed E-state index contributed by atoms with van der Waals surface area (Å²) >= 11 is 0. The third-order valence-electron chi connectivity index (χ3n) is 3.35. The Kier molecular flexibility index (Phi) is 4.91. The lowest BCUT2D eigenvalue weighted by molar-refractivity contribution is -0.116. The van der Waals surface area contributed by atoms with Crippen LogP contribution in [0.1, 0.15) is 31.0 Å². The molecule has 1 aromatic heterocycles. The van der Waals surface area contributed by atoms with Crippen molar-refractivity contribution < 1.29 is 9.18 Å². The zero-order valence-corrected chi connectivity index (χ0v) is 12.8. The number of benzene rings is 1. The molecule has 23 heavy (non-hydrogen) atoms. The lowest BCUT2D eigenvalue weighted by Gasteiger charge is -2.15. The minimum Gasteiger partial charge on any atom is -0.325 e. The van der Waals surface area contributed by atoms with Crippen LogP contribution in [0, 0.1) is 17.1 Å². The van der Waals surface area contributed by atoms with Gasteiger partial charge in [-0.25, -0.2) is 4.39 Å². The summed E-state index contributed by atoms with van der Waals surface area (Å²) in [6.07, 6.45) is 0. The third kappa shape index (κ3) is 3.83. The number of carbonyl (C=O) groups excluding carboxylic acids is 1. The lowest BCUT2D eigenvalue weighted by Crippen LogP contribution is -2.31. The van der Waals surface area contributed by atoms with Crippen molar-refractivity contribution in [2.45, 2.75) is 26.3 Å². The second kappa shape index (κ2) is 6.88. The predicted molar refractivity (Wildman–Crippen MR) is 84.5 cm³/mol. The van der Waals surface area contributed by atoms with E-state index >= 15 is 0 Å². The number of pyridine rings is 1. The molecular formula is C17H16FN3O2. The molecule has 0 saturated carbocycles. The highest BCUT2D eigenvalue weighted by molar-refractivity contribution is 5.90. The number of nitrogens with one attached hydrogen (secondary N) is 1. The molecule has 0 aliphatic carbocycles. The number of aromatic nitrogens is 1. The number of carbonyl (C=O) groups is 1. The Bertz CT molecular complexity index is 817. The smallest absolute Gasteiger partial charge is 0.269 e. The van der Waals surface area contributed by atoms with Crippen molar-refractivity contribution in [1.82, 2.24) is 4.57 Å². The van der Waals surface area contributed by atoms with Crippen LogP contribution >= 0.6 is 0 Å². The molecule has 0 unspecified atom stereocenters. The van der Waals surface area contributed by atoms with Gasteiger partial charge in [0.05, 0.1) is 0 Å². The third-order valence-corrected chi connectivity index (χ3v) is 3.35. The highest BCUT2D eigenvalue weighted by Crippen LogP contribution is 2.14. The summed E-state index contributed by atoms with van der Waals surface area (Å²) in [5.74, 6) is -0.798. The van der Waals surface area contributed by atoms with E-state index in [0.717, 1.165) is 0 Å². The Morgan fingerprint density at radius 2 is 1.91 bits per heavy atom. The molecule has 0 atom stereocenters. The number of anilines is 1. The molecule has 0 aliphatic heterocycles. The zero-order valence-electron chi connectivity index (χ0n) is 12.8. The first-order valence-corrected chi connectivity index (χ1v) is 7.11. The first-order valence-electron chi connectivity index (χ1n) is 7.11. The number of halogens is 1. The van der Waals surface area contributed by atoms with Crippen LogP contribution in [0.3, 0.4) is 0 Å². The molecule has 5 nitrogen and oxygen atoms in total. The van der Waals surface area contributed by atoms with E-state index in [1.807, 2.05) is 19.9 Å². The SMILES string of the molecule is CC(C)c1ccc(C#N)c(=O)n1CC(=O)Nc1ccc(F)cc1. The fourth-order valence-electron chi connectivity index (χ4n) is 2.22. The van der Waals surface area contributed by atoms with E-state index in [-0.39, 0.29) is 18.0 Å². The maximum absolute atomic E-state index is 12.9. The number of hydrogen-bond donors (Lipinski definition) is 1. The molecular weight excluding hydrogens is 297 g/mol. The second-order valence-electron chi connectivity index (χ2n) is 5.38. The van der Waals surface area contributed by atoms with E-state index in [1.54, 1.807) is 6.07 Å². The van der Waals surface area contributed by atoms with Gasteiger partial charge in [0.1, 0.15) is 24.0 Å². The lowest BCUT2D eigenvalue weighted by atomic mass is 10.1. The molecule has 1 heterocycles. The van der Waals surface area contributed by atoms with Crippen LogP contribution in [0.2, 0.25) is 0 Å². The molecule has 1 N–H and O–H groups in total. The van der Waals surface area contributed by atoms with E-state index in [4.69, 9.17) is 5.26 Å². The Morgan fingerprint density at radius 3 is 2.48 bits per heavy atom. The summed E-state index contributed by atoms with van der Waals surface area (Å²) in [5, 5.41) is 11.6. The maximum atomic E-state index is 12.9. The minimum atomic E-state index is -0.493. The number of hydrogen-bond acceptors (Lipinski definition) is 3. The van der Waals surface area contributed by atoms with Gasteiger partial charge in [-0.1, -0.05) is 13.8 Å². The summed E-state index contributed by atoms with van der Waals surface area (Å²) in [7, 11) is 0. The number of nitriles is 1. The van der Waals surface area contributed by atoms with Gasteiger partial charge in [0.25, 0.3) is 5.56 Å². The standard InChI is InChI=1S/C17H16FN3O2/c1-11(2)15-8-3-12(9-19)17(23)21(15)10-16(22)20-14-6-4-13(18)5-7-14/h3-8,11H,10H2,1-2H3,(H,20,22). The predicted octanol–water partition coefficient (Wildman–Crippen LogP) is 2.62. The van der Waals surface area contributed by atoms with Crippen LogP contribution in [-0.4, -0.2) is 10.5 Å². The van der Waals surface area contributed by atoms with Gasteiger partial charge in [-0.15, -0.1) is 0 Å². The second-order valence-corrected chi connectivity index (χ2v) is 5.38. The van der Waals surface area contributed by atoms with Crippen molar-refractivity contribution in [3.05, 3.63) is 63.8 Å². The summed E-state index contributed by atoms with van der Waals surface area (Å²) < 4.78 is 14.2. The normalized spacial score (nSPS) is 10.4. The van der Waals surface area contributed by atoms with Crippen LogP contribution in [0.25, 0.3) is 0 Å². The van der Waals surface area contributed by atoms with Crippen molar-refractivity contribution >= 4 is 11.6 Å². The van der Waals surface area contributed by atoms with Gasteiger partial charge in [-0.3, -0.25) is 9.59 Å². The molecule has 0 saturated heterocycles. The highest BCUT2D eigenvalue weighted by atomic mass is 19.1. The van der Waals surface area contributed by atoms with Gasteiger partial charge < -0.3 is 9.88 Å². The summed E-state index contributed by atoms with van der Waals surface area (Å²) in [6, 6.07) is 10.3. The monoisotopic (exact) mass is 313 g/mol. The molecule has 0 spiro atoms. The molecule has 0 radical (unpaired) electrons. The van der Waals surface area contributed by atoms with Gasteiger partial charge in [0.2, 0.25) is 5.91 Å². The Hall–Kier alpha value is -2.94. The van der Waals surface area contributed by atoms with Gasteiger partial charge in [0.15, 0.2) is 0 Å². The van der Waals surface area contributed by atoms with Gasteiger partial charge >= 0.3 is 0 Å². The fraction of sp³-hybridized carbons (Fsp3) is 0.235. The van der Waals surface area contributed by atoms with Gasteiger partial charge in [-0.05, 0) is 42.3 Å². The Labute approximate surface area is 133 Å². The van der Waals surface area contributed by atoms with E-state index in [1.165, 1.54) is 34.9 Å². The minimum absolute atomic E-state index is 0.0102. The summed E-state index contributed by atoms with van der Waals surface area (Å²) in [4.78, 5) is 24.4. The average Bonchev–Trinajstić information content (AvgIpc) is 2.51.